The van der Waals surface area contributed by atoms with Crippen molar-refractivity contribution < 1.29 is 9.90 Å². The van der Waals surface area contributed by atoms with Gasteiger partial charge in [0.25, 0.3) is 0 Å². The monoisotopic (exact) mass is 301 g/mol. The van der Waals surface area contributed by atoms with E-state index in [-0.39, 0.29) is 12.5 Å². The molecule has 0 radical (unpaired) electrons. The van der Waals surface area contributed by atoms with Gasteiger partial charge in [0.2, 0.25) is 5.91 Å². The molecular formula is C14H17Cl2NO2. The molecule has 1 rings (SSSR count). The molecule has 0 aliphatic rings. The number of aliphatic hydroxyl groups is 1. The standard InChI is InChI=1S/C14H17Cl2NO2/c1-14(2,9-18)17(3)13(19)7-5-10-4-6-11(15)8-12(10)16/h4-8,18H,9H2,1-3H3/b7-5+. The van der Waals surface area contributed by atoms with Gasteiger partial charge >= 0.3 is 0 Å². The van der Waals surface area contributed by atoms with E-state index in [1.165, 1.54) is 11.0 Å². The molecule has 0 aliphatic carbocycles. The number of aliphatic hydroxyl groups excluding tert-OH is 1. The second-order valence-electron chi connectivity index (χ2n) is 4.87. The lowest BCUT2D eigenvalue weighted by Crippen LogP contribution is -2.47. The van der Waals surface area contributed by atoms with Crippen molar-refractivity contribution in [2.24, 2.45) is 0 Å². The third-order valence-electron chi connectivity index (χ3n) is 2.99. The summed E-state index contributed by atoms with van der Waals surface area (Å²) in [7, 11) is 1.65. The van der Waals surface area contributed by atoms with Crippen LogP contribution in [0, 0.1) is 0 Å². The van der Waals surface area contributed by atoms with Crippen molar-refractivity contribution >= 4 is 35.2 Å². The van der Waals surface area contributed by atoms with E-state index in [2.05, 4.69) is 0 Å². The number of benzene rings is 1. The molecule has 0 fully saturated rings. The van der Waals surface area contributed by atoms with Crippen LogP contribution in [0.2, 0.25) is 10.0 Å². The average molecular weight is 302 g/mol. The minimum Gasteiger partial charge on any atom is -0.394 e. The third-order valence-corrected chi connectivity index (χ3v) is 3.56. The molecule has 104 valence electrons. The van der Waals surface area contributed by atoms with Gasteiger partial charge in [0.15, 0.2) is 0 Å². The van der Waals surface area contributed by atoms with Gasteiger partial charge in [0, 0.05) is 23.2 Å². The first-order chi connectivity index (χ1) is 8.77. The summed E-state index contributed by atoms with van der Waals surface area (Å²) in [5, 5.41) is 10.3. The van der Waals surface area contributed by atoms with Gasteiger partial charge in [-0.2, -0.15) is 0 Å². The first-order valence-electron chi connectivity index (χ1n) is 5.80. The highest BCUT2D eigenvalue weighted by Gasteiger charge is 2.25. The molecule has 1 amide bonds. The Morgan fingerprint density at radius 3 is 2.58 bits per heavy atom. The van der Waals surface area contributed by atoms with E-state index in [1.54, 1.807) is 45.2 Å². The zero-order chi connectivity index (χ0) is 14.6. The van der Waals surface area contributed by atoms with Crippen LogP contribution in [0.3, 0.4) is 0 Å². The second kappa shape index (κ2) is 6.42. The summed E-state index contributed by atoms with van der Waals surface area (Å²) < 4.78 is 0. The predicted molar refractivity (Wildman–Crippen MR) is 79.4 cm³/mol. The zero-order valence-corrected chi connectivity index (χ0v) is 12.7. The highest BCUT2D eigenvalue weighted by Crippen LogP contribution is 2.22. The summed E-state index contributed by atoms with van der Waals surface area (Å²) in [6, 6.07) is 5.07. The minimum absolute atomic E-state index is 0.106. The van der Waals surface area contributed by atoms with Crippen LogP contribution in [0.25, 0.3) is 6.08 Å². The van der Waals surface area contributed by atoms with E-state index in [4.69, 9.17) is 23.2 Å². The number of rotatable bonds is 4. The molecule has 0 spiro atoms. The van der Waals surface area contributed by atoms with Gasteiger partial charge in [0.1, 0.15) is 0 Å². The molecule has 0 atom stereocenters. The van der Waals surface area contributed by atoms with Crippen molar-refractivity contribution in [2.75, 3.05) is 13.7 Å². The molecule has 5 heteroatoms. The molecule has 1 aromatic carbocycles. The minimum atomic E-state index is -0.606. The van der Waals surface area contributed by atoms with Crippen molar-refractivity contribution in [3.8, 4) is 0 Å². The lowest BCUT2D eigenvalue weighted by atomic mass is 10.1. The maximum absolute atomic E-state index is 12.0. The van der Waals surface area contributed by atoms with E-state index in [0.29, 0.717) is 10.0 Å². The summed E-state index contributed by atoms with van der Waals surface area (Å²) in [6.07, 6.45) is 3.05. The molecule has 0 saturated heterocycles. The Labute approximate surface area is 123 Å². The molecule has 1 N–H and O–H groups in total. The van der Waals surface area contributed by atoms with Gasteiger partial charge in [-0.05, 0) is 37.6 Å². The first-order valence-corrected chi connectivity index (χ1v) is 6.55. The number of halogens is 2. The van der Waals surface area contributed by atoms with Gasteiger partial charge in [-0.3, -0.25) is 4.79 Å². The molecule has 1 aromatic rings. The van der Waals surface area contributed by atoms with Gasteiger partial charge in [-0.25, -0.2) is 0 Å². The number of amides is 1. The number of carbonyl (C=O) groups excluding carboxylic acids is 1. The smallest absolute Gasteiger partial charge is 0.246 e. The molecule has 0 aliphatic heterocycles. The third kappa shape index (κ3) is 4.23. The van der Waals surface area contributed by atoms with E-state index in [0.717, 1.165) is 5.56 Å². The van der Waals surface area contributed by atoms with Crippen LogP contribution in [0.5, 0.6) is 0 Å². The maximum atomic E-state index is 12.0. The Morgan fingerprint density at radius 2 is 2.05 bits per heavy atom. The maximum Gasteiger partial charge on any atom is 0.246 e. The SMILES string of the molecule is CN(C(=O)/C=C/c1ccc(Cl)cc1Cl)C(C)(C)CO. The van der Waals surface area contributed by atoms with Gasteiger partial charge < -0.3 is 10.0 Å². The molecule has 3 nitrogen and oxygen atoms in total. The predicted octanol–water partition coefficient (Wildman–Crippen LogP) is 3.24. The number of likely N-dealkylation sites (N-methyl/N-ethyl adjacent to an activating group) is 1. The van der Waals surface area contributed by atoms with Crippen LogP contribution in [0.15, 0.2) is 24.3 Å². The van der Waals surface area contributed by atoms with Crippen LogP contribution in [-0.4, -0.2) is 35.1 Å². The quantitative estimate of drug-likeness (QED) is 0.867. The highest BCUT2D eigenvalue weighted by molar-refractivity contribution is 6.35. The van der Waals surface area contributed by atoms with E-state index >= 15 is 0 Å². The lowest BCUT2D eigenvalue weighted by Gasteiger charge is -2.33. The number of carbonyl (C=O) groups is 1. The fourth-order valence-electron chi connectivity index (χ4n) is 1.31. The molecule has 0 heterocycles. The number of nitrogens with zero attached hydrogens (tertiary/aromatic N) is 1. The van der Waals surface area contributed by atoms with Gasteiger partial charge in [-0.1, -0.05) is 29.3 Å². The highest BCUT2D eigenvalue weighted by atomic mass is 35.5. The van der Waals surface area contributed by atoms with Gasteiger partial charge in [-0.15, -0.1) is 0 Å². The topological polar surface area (TPSA) is 40.5 Å². The van der Waals surface area contributed by atoms with Crippen molar-refractivity contribution in [3.63, 3.8) is 0 Å². The number of hydrogen-bond donors (Lipinski definition) is 1. The lowest BCUT2D eigenvalue weighted by molar-refractivity contribution is -0.130. The van der Waals surface area contributed by atoms with Crippen molar-refractivity contribution in [2.45, 2.75) is 19.4 Å². The van der Waals surface area contributed by atoms with Crippen molar-refractivity contribution in [3.05, 3.63) is 39.9 Å². The van der Waals surface area contributed by atoms with E-state index < -0.39 is 5.54 Å². The summed E-state index contributed by atoms with van der Waals surface area (Å²) >= 11 is 11.8. The second-order valence-corrected chi connectivity index (χ2v) is 5.71. The largest absolute Gasteiger partial charge is 0.394 e. The molecule has 0 aromatic heterocycles. The number of hydrogen-bond acceptors (Lipinski definition) is 2. The summed E-state index contributed by atoms with van der Waals surface area (Å²) in [4.78, 5) is 13.4. The Bertz CT molecular complexity index is 498. The van der Waals surface area contributed by atoms with Crippen molar-refractivity contribution in [1.82, 2.24) is 4.90 Å². The molecule has 19 heavy (non-hydrogen) atoms. The van der Waals surface area contributed by atoms with E-state index in [1.807, 2.05) is 0 Å². The Kier molecular flexibility index (Phi) is 5.41. The normalized spacial score (nSPS) is 11.9. The summed E-state index contributed by atoms with van der Waals surface area (Å²) in [5.41, 5.74) is 0.111. The Hall–Kier alpha value is -1.03. The summed E-state index contributed by atoms with van der Waals surface area (Å²) in [6.45, 7) is 3.47. The Balaban J connectivity index is 2.84. The molecular weight excluding hydrogens is 285 g/mol. The van der Waals surface area contributed by atoms with Crippen LogP contribution in [0.4, 0.5) is 0 Å². The van der Waals surface area contributed by atoms with Crippen molar-refractivity contribution in [1.29, 1.82) is 0 Å². The van der Waals surface area contributed by atoms with E-state index in [9.17, 15) is 9.90 Å². The first kappa shape index (κ1) is 16.0. The molecule has 0 unspecified atom stereocenters. The fourth-order valence-corrected chi connectivity index (χ4v) is 1.79. The van der Waals surface area contributed by atoms with Gasteiger partial charge in [0.05, 0.1) is 12.1 Å². The van der Waals surface area contributed by atoms with Crippen LogP contribution < -0.4 is 0 Å². The fraction of sp³-hybridized carbons (Fsp3) is 0.357. The van der Waals surface area contributed by atoms with Crippen LogP contribution in [-0.2, 0) is 4.79 Å². The zero-order valence-electron chi connectivity index (χ0n) is 11.2. The average Bonchev–Trinajstić information content (AvgIpc) is 2.36. The molecule has 0 saturated carbocycles. The Morgan fingerprint density at radius 1 is 1.42 bits per heavy atom. The molecule has 0 bridgehead atoms. The van der Waals surface area contributed by atoms with Crippen LogP contribution >= 0.6 is 23.2 Å². The van der Waals surface area contributed by atoms with Crippen LogP contribution in [0.1, 0.15) is 19.4 Å². The summed E-state index contributed by atoms with van der Waals surface area (Å²) in [5.74, 6) is -0.204.